The third kappa shape index (κ3) is 7.24. The predicted molar refractivity (Wildman–Crippen MR) is 133 cm³/mol. The lowest BCUT2D eigenvalue weighted by Crippen LogP contribution is -2.21. The molecule has 0 aliphatic heterocycles. The fraction of sp³-hybridized carbons (Fsp3) is 0.130. The molecule has 0 unspecified atom stereocenters. The third-order valence-electron chi connectivity index (χ3n) is 4.71. The molecule has 4 rings (SSSR count). The summed E-state index contributed by atoms with van der Waals surface area (Å²) < 4.78 is 65.6. The highest BCUT2D eigenvalue weighted by atomic mass is 32.2. The van der Waals surface area contributed by atoms with E-state index in [0.717, 1.165) is 15.9 Å². The number of anilines is 2. The van der Waals surface area contributed by atoms with E-state index >= 15 is 0 Å². The number of benzene rings is 3. The molecule has 1 aromatic heterocycles. The number of aliphatic carboxylic acids is 1. The summed E-state index contributed by atoms with van der Waals surface area (Å²) in [4.78, 5) is 13.3. The third-order valence-corrected chi connectivity index (χ3v) is 7.14. The van der Waals surface area contributed by atoms with Crippen molar-refractivity contribution in [3.8, 4) is 11.5 Å². The van der Waals surface area contributed by atoms with Gasteiger partial charge in [0.05, 0.1) is 22.2 Å². The van der Waals surface area contributed by atoms with Crippen LogP contribution in [0.4, 0.5) is 24.0 Å². The van der Waals surface area contributed by atoms with Crippen molar-refractivity contribution >= 4 is 48.4 Å². The first-order chi connectivity index (χ1) is 17.4. The van der Waals surface area contributed by atoms with Crippen LogP contribution in [0.25, 0.3) is 10.2 Å². The highest BCUT2D eigenvalue weighted by Gasteiger charge is 2.38. The number of sulfonamides is 1. The topological polar surface area (TPSA) is 138 Å². The molecule has 9 nitrogen and oxygen atoms in total. The van der Waals surface area contributed by atoms with Gasteiger partial charge in [-0.3, -0.25) is 4.72 Å². The fourth-order valence-corrected chi connectivity index (χ4v) is 5.01. The number of aromatic hydroxyl groups is 1. The number of thiazole rings is 1. The van der Waals surface area contributed by atoms with E-state index < -0.39 is 22.2 Å². The first kappa shape index (κ1) is 27.5. The number of alkyl halides is 3. The smallest absolute Gasteiger partial charge is 0.490 e. The van der Waals surface area contributed by atoms with Crippen LogP contribution in [-0.4, -0.2) is 42.9 Å². The van der Waals surface area contributed by atoms with E-state index in [-0.39, 0.29) is 10.6 Å². The quantitative estimate of drug-likeness (QED) is 0.248. The van der Waals surface area contributed by atoms with Crippen molar-refractivity contribution in [1.82, 2.24) is 4.98 Å². The molecule has 196 valence electrons. The Labute approximate surface area is 213 Å². The fourth-order valence-electron chi connectivity index (χ4n) is 2.91. The first-order valence-electron chi connectivity index (χ1n) is 10.3. The van der Waals surface area contributed by atoms with Gasteiger partial charge in [-0.1, -0.05) is 35.6 Å². The van der Waals surface area contributed by atoms with E-state index in [1.54, 1.807) is 30.3 Å². The van der Waals surface area contributed by atoms with Crippen LogP contribution in [0.15, 0.2) is 71.6 Å². The van der Waals surface area contributed by atoms with Crippen LogP contribution in [0.3, 0.4) is 0 Å². The number of aromatic nitrogens is 1. The summed E-state index contributed by atoms with van der Waals surface area (Å²) in [6.45, 7) is 0.360. The Morgan fingerprint density at radius 1 is 1.05 bits per heavy atom. The predicted octanol–water partition coefficient (Wildman–Crippen LogP) is 5.06. The summed E-state index contributed by atoms with van der Waals surface area (Å²) in [5.74, 6) is -2.28. The summed E-state index contributed by atoms with van der Waals surface area (Å²) in [5.41, 5.74) is 2.14. The van der Waals surface area contributed by atoms with Gasteiger partial charge in [-0.05, 0) is 42.5 Å². The van der Waals surface area contributed by atoms with Gasteiger partial charge in [0.15, 0.2) is 16.6 Å². The van der Waals surface area contributed by atoms with Gasteiger partial charge in [0.1, 0.15) is 0 Å². The van der Waals surface area contributed by atoms with E-state index in [4.69, 9.17) is 14.6 Å². The van der Waals surface area contributed by atoms with Crippen molar-refractivity contribution in [2.24, 2.45) is 0 Å². The molecular weight excluding hydrogens is 535 g/mol. The van der Waals surface area contributed by atoms with Crippen LogP contribution < -0.4 is 14.8 Å². The molecule has 4 aromatic rings. The van der Waals surface area contributed by atoms with Gasteiger partial charge in [0.2, 0.25) is 0 Å². The molecule has 1 heterocycles. The maximum atomic E-state index is 12.7. The Kier molecular flexibility index (Phi) is 8.45. The van der Waals surface area contributed by atoms with Crippen molar-refractivity contribution in [2.45, 2.75) is 17.6 Å². The molecule has 0 atom stereocenters. The van der Waals surface area contributed by atoms with Crippen molar-refractivity contribution in [3.63, 3.8) is 0 Å². The molecule has 0 radical (unpaired) electrons. The highest BCUT2D eigenvalue weighted by Crippen LogP contribution is 2.30. The van der Waals surface area contributed by atoms with Crippen molar-refractivity contribution in [2.75, 3.05) is 17.1 Å². The number of rotatable bonds is 7. The van der Waals surface area contributed by atoms with Gasteiger partial charge >= 0.3 is 12.1 Å². The van der Waals surface area contributed by atoms with Crippen molar-refractivity contribution in [1.29, 1.82) is 0 Å². The molecule has 0 amide bonds. The zero-order valence-corrected chi connectivity index (χ0v) is 20.6. The molecule has 3 aromatic carbocycles. The number of phenols is 1. The Morgan fingerprint density at radius 3 is 2.30 bits per heavy atom. The molecule has 0 fully saturated rings. The average Bonchev–Trinajstić information content (AvgIpc) is 3.25. The number of hydrogen-bond acceptors (Lipinski definition) is 8. The van der Waals surface area contributed by atoms with Gasteiger partial charge in [0, 0.05) is 17.8 Å². The normalized spacial score (nSPS) is 11.4. The zero-order chi connectivity index (χ0) is 27.2. The van der Waals surface area contributed by atoms with Crippen LogP contribution in [0.2, 0.25) is 0 Å². The SMILES string of the molecule is COc1cccc(CNc2ccc(S(=O)(=O)Nc3nc4ccccc4s3)cc2)c1O.O=C(O)C(F)(F)F. The second kappa shape index (κ2) is 11.3. The Morgan fingerprint density at radius 2 is 1.70 bits per heavy atom. The van der Waals surface area contributed by atoms with E-state index in [1.165, 1.54) is 30.6 Å². The summed E-state index contributed by atoms with van der Waals surface area (Å²) in [6, 6.07) is 19.1. The van der Waals surface area contributed by atoms with Crippen molar-refractivity contribution < 1.29 is 41.3 Å². The number of phenolic OH excluding ortho intramolecular Hbond substituents is 1. The number of nitrogens with zero attached hydrogens (tertiary/aromatic N) is 1. The molecule has 0 bridgehead atoms. The van der Waals surface area contributed by atoms with Crippen LogP contribution in [0.1, 0.15) is 5.56 Å². The second-order valence-electron chi connectivity index (χ2n) is 7.24. The van der Waals surface area contributed by atoms with Crippen LogP contribution in [0, 0.1) is 0 Å². The molecular formula is C23H20F3N3O6S2. The minimum Gasteiger partial charge on any atom is -0.504 e. The van der Waals surface area contributed by atoms with E-state index in [0.29, 0.717) is 23.0 Å². The number of fused-ring (bicyclic) bond motifs is 1. The number of halogens is 3. The lowest BCUT2D eigenvalue weighted by atomic mass is 10.2. The number of methoxy groups -OCH3 is 1. The maximum absolute atomic E-state index is 12.7. The molecule has 0 saturated carbocycles. The summed E-state index contributed by atoms with van der Waals surface area (Å²) in [7, 11) is -2.25. The number of ether oxygens (including phenoxy) is 1. The summed E-state index contributed by atoms with van der Waals surface area (Å²) in [6.07, 6.45) is -5.08. The first-order valence-corrected chi connectivity index (χ1v) is 12.6. The molecule has 0 saturated heterocycles. The zero-order valence-electron chi connectivity index (χ0n) is 19.0. The standard InChI is InChI=1S/C21H19N3O4S2.C2HF3O2/c1-28-18-7-4-5-14(20(18)25)13-22-15-9-11-16(12-10-15)30(26,27)24-21-23-17-6-2-3-8-19(17)29-21;3-2(4,5)1(6)7/h2-12,22,25H,13H2,1H3,(H,23,24);(H,6,7). The lowest BCUT2D eigenvalue weighted by molar-refractivity contribution is -0.192. The van der Waals surface area contributed by atoms with Gasteiger partial charge in [-0.25, -0.2) is 18.2 Å². The largest absolute Gasteiger partial charge is 0.504 e. The summed E-state index contributed by atoms with van der Waals surface area (Å²) >= 11 is 1.28. The number of hydrogen-bond donors (Lipinski definition) is 4. The number of carboxylic acids is 1. The van der Waals surface area contributed by atoms with Gasteiger partial charge < -0.3 is 20.3 Å². The molecule has 0 aliphatic carbocycles. The molecule has 4 N–H and O–H groups in total. The van der Waals surface area contributed by atoms with Gasteiger partial charge in [0.25, 0.3) is 10.0 Å². The van der Waals surface area contributed by atoms with Crippen LogP contribution in [0.5, 0.6) is 11.5 Å². The Hall–Kier alpha value is -4.04. The average molecular weight is 556 g/mol. The Balaban J connectivity index is 0.000000479. The number of carbonyl (C=O) groups is 1. The molecule has 0 aliphatic rings. The minimum atomic E-state index is -5.08. The van der Waals surface area contributed by atoms with Gasteiger partial charge in [-0.2, -0.15) is 13.2 Å². The monoisotopic (exact) mass is 555 g/mol. The van der Waals surface area contributed by atoms with E-state index in [2.05, 4.69) is 15.0 Å². The second-order valence-corrected chi connectivity index (χ2v) is 9.95. The molecule has 37 heavy (non-hydrogen) atoms. The van der Waals surface area contributed by atoms with Crippen molar-refractivity contribution in [3.05, 3.63) is 72.3 Å². The van der Waals surface area contributed by atoms with Gasteiger partial charge in [-0.15, -0.1) is 0 Å². The van der Waals surface area contributed by atoms with Crippen LogP contribution >= 0.6 is 11.3 Å². The summed E-state index contributed by atoms with van der Waals surface area (Å²) in [5, 5.41) is 20.8. The highest BCUT2D eigenvalue weighted by molar-refractivity contribution is 7.93. The number of nitrogens with one attached hydrogen (secondary N) is 2. The van der Waals surface area contributed by atoms with Crippen LogP contribution in [-0.2, 0) is 21.4 Å². The molecule has 0 spiro atoms. The lowest BCUT2D eigenvalue weighted by Gasteiger charge is -2.11. The molecule has 14 heteroatoms. The number of carboxylic acid groups (broad SMARTS) is 1. The Bertz CT molecular complexity index is 1460. The van der Waals surface area contributed by atoms with E-state index in [1.807, 2.05) is 24.3 Å². The maximum Gasteiger partial charge on any atom is 0.490 e. The van der Waals surface area contributed by atoms with E-state index in [9.17, 15) is 26.7 Å². The minimum absolute atomic E-state index is 0.0757. The number of para-hydroxylation sites is 2.